The minimum absolute atomic E-state index is 0.0823. The van der Waals surface area contributed by atoms with Gasteiger partial charge in [0.1, 0.15) is 10.6 Å². The van der Waals surface area contributed by atoms with Gasteiger partial charge in [0.2, 0.25) is 0 Å². The smallest absolute Gasteiger partial charge is 0.265 e. The minimum atomic E-state index is 0.0823. The van der Waals surface area contributed by atoms with Crippen molar-refractivity contribution in [1.29, 1.82) is 0 Å². The second-order valence-electron chi connectivity index (χ2n) is 5.30. The number of thiazole rings is 1. The van der Waals surface area contributed by atoms with E-state index in [0.717, 1.165) is 37.3 Å². The highest BCUT2D eigenvalue weighted by Crippen LogP contribution is 2.18. The number of carbonyl (C=O) groups is 1. The number of aryl methyl sites for hydroxylation is 1. The standard InChI is InChI=1S/C17H17N3OS/c1-13-6-5-7-14(19-13)8-9-16-18-12-15(22-16)17(21)20-10-3-2-4-11-20/h5-7,12H,2-4,10-11H2,1H3. The number of likely N-dealkylation sites (tertiary alicyclic amines) is 1. The first kappa shape index (κ1) is 14.7. The summed E-state index contributed by atoms with van der Waals surface area (Å²) in [6.07, 6.45) is 5.04. The molecule has 112 valence electrons. The molecule has 1 aliphatic rings. The fourth-order valence-corrected chi connectivity index (χ4v) is 3.15. The van der Waals surface area contributed by atoms with E-state index in [1.54, 1.807) is 6.20 Å². The van der Waals surface area contributed by atoms with Crippen molar-refractivity contribution < 1.29 is 4.79 Å². The quantitative estimate of drug-likeness (QED) is 0.761. The first-order chi connectivity index (χ1) is 10.7. The van der Waals surface area contributed by atoms with Crippen molar-refractivity contribution in [2.75, 3.05) is 13.1 Å². The van der Waals surface area contributed by atoms with Gasteiger partial charge in [-0.25, -0.2) is 9.97 Å². The molecule has 1 saturated heterocycles. The van der Waals surface area contributed by atoms with Crippen LogP contribution >= 0.6 is 11.3 Å². The number of amides is 1. The molecule has 0 bridgehead atoms. The van der Waals surface area contributed by atoms with Crippen molar-refractivity contribution >= 4 is 17.2 Å². The largest absolute Gasteiger partial charge is 0.338 e. The van der Waals surface area contributed by atoms with Crippen molar-refractivity contribution in [3.8, 4) is 11.8 Å². The Kier molecular flexibility index (Phi) is 4.50. The molecule has 0 spiro atoms. The maximum Gasteiger partial charge on any atom is 0.265 e. The normalized spacial score (nSPS) is 14.3. The second kappa shape index (κ2) is 6.71. The van der Waals surface area contributed by atoms with Crippen molar-refractivity contribution in [2.24, 2.45) is 0 Å². The van der Waals surface area contributed by atoms with Gasteiger partial charge in [-0.1, -0.05) is 6.07 Å². The molecule has 3 heterocycles. The van der Waals surface area contributed by atoms with Crippen LogP contribution in [0, 0.1) is 18.8 Å². The van der Waals surface area contributed by atoms with Gasteiger partial charge in [-0.3, -0.25) is 4.79 Å². The van der Waals surface area contributed by atoms with Crippen molar-refractivity contribution in [3.05, 3.63) is 45.7 Å². The van der Waals surface area contributed by atoms with Gasteiger partial charge in [0.05, 0.1) is 6.20 Å². The summed E-state index contributed by atoms with van der Waals surface area (Å²) in [5, 5.41) is 0.656. The van der Waals surface area contributed by atoms with Gasteiger partial charge in [-0.2, -0.15) is 0 Å². The number of piperidine rings is 1. The average Bonchev–Trinajstić information content (AvgIpc) is 3.02. The summed E-state index contributed by atoms with van der Waals surface area (Å²) in [7, 11) is 0. The van der Waals surface area contributed by atoms with Crippen molar-refractivity contribution in [1.82, 2.24) is 14.9 Å². The van der Waals surface area contributed by atoms with Crippen LogP contribution in [-0.4, -0.2) is 33.9 Å². The lowest BCUT2D eigenvalue weighted by atomic mass is 10.1. The molecular formula is C17H17N3OS. The van der Waals surface area contributed by atoms with Gasteiger partial charge in [0.25, 0.3) is 5.91 Å². The molecule has 0 N–H and O–H groups in total. The molecule has 0 saturated carbocycles. The number of aromatic nitrogens is 2. The topological polar surface area (TPSA) is 46.1 Å². The van der Waals surface area contributed by atoms with E-state index in [2.05, 4.69) is 21.8 Å². The number of rotatable bonds is 1. The zero-order valence-electron chi connectivity index (χ0n) is 12.5. The fraction of sp³-hybridized carbons (Fsp3) is 0.353. The minimum Gasteiger partial charge on any atom is -0.338 e. The molecule has 0 unspecified atom stereocenters. The molecule has 1 amide bonds. The molecular weight excluding hydrogens is 294 g/mol. The molecule has 3 rings (SSSR count). The number of nitrogens with zero attached hydrogens (tertiary/aromatic N) is 3. The van der Waals surface area contributed by atoms with E-state index in [1.807, 2.05) is 30.0 Å². The lowest BCUT2D eigenvalue weighted by molar-refractivity contribution is 0.0729. The summed E-state index contributed by atoms with van der Waals surface area (Å²) in [4.78, 5) is 23.5. The van der Waals surface area contributed by atoms with Gasteiger partial charge >= 0.3 is 0 Å². The summed E-state index contributed by atoms with van der Waals surface area (Å²) in [5.74, 6) is 6.07. The highest BCUT2D eigenvalue weighted by molar-refractivity contribution is 7.14. The molecule has 2 aromatic heterocycles. The van der Waals surface area contributed by atoms with Crippen LogP contribution in [0.4, 0.5) is 0 Å². The Morgan fingerprint density at radius 3 is 2.82 bits per heavy atom. The molecule has 0 radical (unpaired) electrons. The van der Waals surface area contributed by atoms with Crippen LogP contribution in [-0.2, 0) is 0 Å². The van der Waals surface area contributed by atoms with Crippen LogP contribution in [0.3, 0.4) is 0 Å². The Balaban J connectivity index is 1.72. The van der Waals surface area contributed by atoms with E-state index in [1.165, 1.54) is 17.8 Å². The summed E-state index contributed by atoms with van der Waals surface area (Å²) >= 11 is 1.35. The van der Waals surface area contributed by atoms with E-state index in [4.69, 9.17) is 0 Å². The first-order valence-corrected chi connectivity index (χ1v) is 8.25. The van der Waals surface area contributed by atoms with Crippen molar-refractivity contribution in [3.63, 3.8) is 0 Å². The maximum atomic E-state index is 12.4. The maximum absolute atomic E-state index is 12.4. The number of hydrogen-bond acceptors (Lipinski definition) is 4. The van der Waals surface area contributed by atoms with Crippen LogP contribution in [0.15, 0.2) is 24.4 Å². The summed E-state index contributed by atoms with van der Waals surface area (Å²) < 4.78 is 0. The van der Waals surface area contributed by atoms with Crippen LogP contribution < -0.4 is 0 Å². The molecule has 22 heavy (non-hydrogen) atoms. The lowest BCUT2D eigenvalue weighted by Crippen LogP contribution is -2.35. The summed E-state index contributed by atoms with van der Waals surface area (Å²) in [5.41, 5.74) is 1.66. The van der Waals surface area contributed by atoms with Gasteiger partial charge in [-0.05, 0) is 50.2 Å². The Morgan fingerprint density at radius 1 is 1.23 bits per heavy atom. The highest BCUT2D eigenvalue weighted by atomic mass is 32.1. The molecule has 5 heteroatoms. The molecule has 1 fully saturated rings. The predicted molar refractivity (Wildman–Crippen MR) is 86.8 cm³/mol. The summed E-state index contributed by atoms with van der Waals surface area (Å²) in [6, 6.07) is 5.73. The Morgan fingerprint density at radius 2 is 2.05 bits per heavy atom. The monoisotopic (exact) mass is 311 g/mol. The number of pyridine rings is 1. The third kappa shape index (κ3) is 3.52. The van der Waals surface area contributed by atoms with Gasteiger partial charge < -0.3 is 4.90 Å². The Labute approximate surface area is 134 Å². The first-order valence-electron chi connectivity index (χ1n) is 7.43. The Bertz CT molecular complexity index is 736. The zero-order valence-corrected chi connectivity index (χ0v) is 13.3. The van der Waals surface area contributed by atoms with Crippen molar-refractivity contribution in [2.45, 2.75) is 26.2 Å². The Hall–Kier alpha value is -2.19. The molecule has 0 atom stereocenters. The van der Waals surface area contributed by atoms with Crippen LogP contribution in [0.2, 0.25) is 0 Å². The molecule has 0 aromatic carbocycles. The highest BCUT2D eigenvalue weighted by Gasteiger charge is 2.19. The van der Waals surface area contributed by atoms with E-state index in [9.17, 15) is 4.79 Å². The SMILES string of the molecule is Cc1cccc(C#Cc2ncc(C(=O)N3CCCCC3)s2)n1. The molecule has 4 nitrogen and oxygen atoms in total. The van der Waals surface area contributed by atoms with E-state index in [0.29, 0.717) is 9.88 Å². The van der Waals surface area contributed by atoms with E-state index < -0.39 is 0 Å². The third-order valence-electron chi connectivity index (χ3n) is 3.55. The van der Waals surface area contributed by atoms with Gasteiger partial charge in [0.15, 0.2) is 5.01 Å². The summed E-state index contributed by atoms with van der Waals surface area (Å²) in [6.45, 7) is 3.64. The number of carbonyl (C=O) groups excluding carboxylic acids is 1. The predicted octanol–water partition coefficient (Wildman–Crippen LogP) is 2.87. The molecule has 0 aliphatic carbocycles. The average molecular weight is 311 g/mol. The molecule has 1 aliphatic heterocycles. The van der Waals surface area contributed by atoms with Crippen LogP contribution in [0.25, 0.3) is 0 Å². The van der Waals surface area contributed by atoms with E-state index in [-0.39, 0.29) is 5.91 Å². The second-order valence-corrected chi connectivity index (χ2v) is 6.33. The van der Waals surface area contributed by atoms with Crippen LogP contribution in [0.1, 0.15) is 45.3 Å². The van der Waals surface area contributed by atoms with Gasteiger partial charge in [0, 0.05) is 18.8 Å². The van der Waals surface area contributed by atoms with Crippen LogP contribution in [0.5, 0.6) is 0 Å². The third-order valence-corrected chi connectivity index (χ3v) is 4.45. The fourth-order valence-electron chi connectivity index (χ4n) is 2.41. The number of hydrogen-bond donors (Lipinski definition) is 0. The van der Waals surface area contributed by atoms with Gasteiger partial charge in [-0.15, -0.1) is 11.3 Å². The lowest BCUT2D eigenvalue weighted by Gasteiger charge is -2.25. The van der Waals surface area contributed by atoms with E-state index >= 15 is 0 Å². The molecule has 2 aromatic rings. The zero-order chi connectivity index (χ0) is 15.4.